The van der Waals surface area contributed by atoms with Gasteiger partial charge in [-0.25, -0.2) is 0 Å². The summed E-state index contributed by atoms with van der Waals surface area (Å²) in [6.45, 7) is 11.5. The van der Waals surface area contributed by atoms with Crippen molar-refractivity contribution in [2.45, 2.75) is 152 Å². The van der Waals surface area contributed by atoms with Gasteiger partial charge in [-0.2, -0.15) is 0 Å². The Morgan fingerprint density at radius 2 is 1.73 bits per heavy atom. The molecule has 3 aliphatic heterocycles. The van der Waals surface area contributed by atoms with Gasteiger partial charge in [-0.05, 0) is 172 Å². The number of hydrogen-bond donors (Lipinski definition) is 12. The molecule has 3 aromatic rings. The van der Waals surface area contributed by atoms with Crippen molar-refractivity contribution < 1.29 is 45.0 Å². The summed E-state index contributed by atoms with van der Waals surface area (Å²) in [6, 6.07) is 19.1. The number of guanidine groups is 1. The van der Waals surface area contributed by atoms with Crippen LogP contribution < -0.4 is 33.2 Å². The second-order valence-corrected chi connectivity index (χ2v) is 24.0. The molecule has 16 nitrogen and oxygen atoms in total. The Kier molecular flexibility index (Phi) is 21.6. The fourth-order valence-electron chi connectivity index (χ4n) is 14.0. The molecule has 1 amide bonds. The van der Waals surface area contributed by atoms with Crippen LogP contribution in [0.5, 0.6) is 5.75 Å². The van der Waals surface area contributed by atoms with Crippen LogP contribution in [0.15, 0.2) is 130 Å². The number of β-amino-alcohol motifs (C(OH)–C–C–N with tert-alkyl or cyclic N) is 1. The maximum absolute atomic E-state index is 15.2. The number of hydrogen-bond acceptors (Lipinski definition) is 13. The van der Waals surface area contributed by atoms with E-state index >= 15 is 4.79 Å². The summed E-state index contributed by atoms with van der Waals surface area (Å²) in [5.41, 5.74) is 24.5. The van der Waals surface area contributed by atoms with Crippen molar-refractivity contribution >= 4 is 17.6 Å². The van der Waals surface area contributed by atoms with Crippen molar-refractivity contribution in [2.75, 3.05) is 39.5 Å². The predicted octanol–water partition coefficient (Wildman–Crippen LogP) is 5.96. The summed E-state index contributed by atoms with van der Waals surface area (Å²) >= 11 is 0. The quantitative estimate of drug-likeness (QED) is 0.0367. The molecule has 3 heterocycles. The number of nitrogens with one attached hydrogen (secondary N) is 3. The summed E-state index contributed by atoms with van der Waals surface area (Å²) < 4.78 is 6.26. The lowest BCUT2D eigenvalue weighted by atomic mass is 9.52. The van der Waals surface area contributed by atoms with Gasteiger partial charge in [0.2, 0.25) is 5.91 Å². The van der Waals surface area contributed by atoms with E-state index in [1.807, 2.05) is 74.5 Å². The number of phenols is 1. The van der Waals surface area contributed by atoms with Crippen LogP contribution in [0.3, 0.4) is 0 Å². The first-order valence-corrected chi connectivity index (χ1v) is 29.7. The van der Waals surface area contributed by atoms with Gasteiger partial charge in [-0.15, -0.1) is 0 Å². The molecule has 16 heteroatoms. The van der Waals surface area contributed by atoms with Crippen molar-refractivity contribution in [1.82, 2.24) is 16.0 Å². The molecule has 2 aliphatic carbocycles. The molecular formula is C67H89N7O9. The van der Waals surface area contributed by atoms with Gasteiger partial charge in [0, 0.05) is 55.8 Å². The zero-order valence-corrected chi connectivity index (χ0v) is 48.7. The monoisotopic (exact) mass is 1140 g/mol. The van der Waals surface area contributed by atoms with Crippen molar-refractivity contribution in [2.24, 2.45) is 45.4 Å². The summed E-state index contributed by atoms with van der Waals surface area (Å²) in [5.74, 6) is 3.77. The number of aromatic hydroxyl groups is 1. The van der Waals surface area contributed by atoms with Crippen LogP contribution >= 0.6 is 0 Å². The first kappa shape index (κ1) is 62.8. The Hall–Kier alpha value is -6.23. The number of aliphatic hydroxyl groups excluding tert-OH is 4. The maximum Gasteiger partial charge on any atom is 0.243 e. The van der Waals surface area contributed by atoms with E-state index in [9.17, 15) is 35.4 Å². The number of fused-ring (bicyclic) bond motifs is 4. The number of carbonyl (C=O) groups is 2. The smallest absolute Gasteiger partial charge is 0.243 e. The van der Waals surface area contributed by atoms with E-state index in [0.717, 1.165) is 58.4 Å². The van der Waals surface area contributed by atoms with Crippen molar-refractivity contribution in [1.29, 1.82) is 0 Å². The van der Waals surface area contributed by atoms with E-state index in [4.69, 9.17) is 21.9 Å². The number of ether oxygens (including phenoxy) is 1. The van der Waals surface area contributed by atoms with Gasteiger partial charge >= 0.3 is 0 Å². The van der Waals surface area contributed by atoms with Crippen LogP contribution in [-0.2, 0) is 33.6 Å². The van der Waals surface area contributed by atoms with Gasteiger partial charge in [0.15, 0.2) is 11.7 Å². The van der Waals surface area contributed by atoms with Crippen LogP contribution in [0.1, 0.15) is 136 Å². The molecule has 1 spiro atoms. The molecule has 2 fully saturated rings. The Morgan fingerprint density at radius 3 is 2.49 bits per heavy atom. The second kappa shape index (κ2) is 28.6. The molecule has 0 saturated heterocycles. The Labute approximate surface area is 490 Å². The fourth-order valence-corrected chi connectivity index (χ4v) is 14.0. The van der Waals surface area contributed by atoms with E-state index < -0.39 is 71.1 Å². The number of amides is 1. The minimum Gasteiger partial charge on any atom is -0.508 e. The van der Waals surface area contributed by atoms with E-state index in [-0.39, 0.29) is 75.7 Å². The number of carbonyl (C=O) groups excluding carboxylic acids is 2. The molecular weight excluding hydrogens is 1050 g/mol. The summed E-state index contributed by atoms with van der Waals surface area (Å²) in [6.07, 6.45) is 9.94. The SMILES string of the molecule is C=C1C=CC=C(C2CCC3(C4CCC(O)Cc5cccc(c5)CC(C(CN=C(N)N)c5ccc(O)cc5)C(O)CNC5C(=O)NC(N)c6cccc(c65)CC(=O)C(C)=C4CCC3(C)O)C2O)COCC#CCC(C)=CCC1NCCCCO. The maximum atomic E-state index is 15.2. The Morgan fingerprint density at radius 1 is 0.976 bits per heavy atom. The van der Waals surface area contributed by atoms with Gasteiger partial charge in [0.25, 0.3) is 0 Å². The van der Waals surface area contributed by atoms with Crippen LogP contribution in [0.4, 0.5) is 0 Å². The second-order valence-electron chi connectivity index (χ2n) is 24.0. The number of aliphatic imine (C=N–C) groups is 1. The lowest BCUT2D eigenvalue weighted by Crippen LogP contribution is -2.59. The average Bonchev–Trinajstić information content (AvgIpc) is 1.91. The lowest BCUT2D eigenvalue weighted by molar-refractivity contribution is -0.168. The largest absolute Gasteiger partial charge is 0.508 e. The molecule has 0 aromatic heterocycles. The number of allylic oxidation sites excluding steroid dienone is 5. The van der Waals surface area contributed by atoms with Crippen LogP contribution in [0, 0.1) is 35.0 Å². The molecule has 0 radical (unpaired) electrons. The highest BCUT2D eigenvalue weighted by Gasteiger charge is 2.64. The summed E-state index contributed by atoms with van der Waals surface area (Å²) in [4.78, 5) is 33.9. The highest BCUT2D eigenvalue weighted by Crippen LogP contribution is 2.63. The number of aliphatic hydroxyl groups is 5. The van der Waals surface area contributed by atoms with E-state index in [0.29, 0.717) is 73.6 Å². The highest BCUT2D eigenvalue weighted by atomic mass is 16.5. The number of nitrogens with zero attached hydrogens (tertiary/aromatic N) is 1. The number of benzene rings is 3. The van der Waals surface area contributed by atoms with Gasteiger partial charge in [0.1, 0.15) is 24.6 Å². The fraction of sp³-hybridized carbons (Fsp3) is 0.507. The van der Waals surface area contributed by atoms with Crippen molar-refractivity contribution in [3.63, 3.8) is 0 Å². The third-order valence-electron chi connectivity index (χ3n) is 18.6. The van der Waals surface area contributed by atoms with Gasteiger partial charge in [0.05, 0.1) is 30.5 Å². The van der Waals surface area contributed by atoms with E-state index in [1.54, 1.807) is 24.3 Å². The zero-order valence-electron chi connectivity index (χ0n) is 48.7. The third-order valence-corrected chi connectivity index (χ3v) is 18.6. The van der Waals surface area contributed by atoms with Crippen LogP contribution in [-0.4, -0.2) is 118 Å². The minimum atomic E-state index is -1.39. The number of rotatable bonds is 10. The molecule has 446 valence electrons. The van der Waals surface area contributed by atoms with Crippen LogP contribution in [0.2, 0.25) is 0 Å². The molecule has 2 saturated carbocycles. The molecule has 12 unspecified atom stereocenters. The van der Waals surface area contributed by atoms with E-state index in [2.05, 4.69) is 52.4 Å². The minimum absolute atomic E-state index is 0.0483. The molecule has 3 aromatic carbocycles. The molecule has 15 N–H and O–H groups in total. The standard InChI is InChI=1S/C67H89N7O9/c1-41-12-5-8-33-83-40-48(17-9-13-42(2)57(26-19-41)71-31-6-7-32-75)52-28-30-67(62(52)80)56-25-24-50(77)35-44-14-10-15-45(34-44)36-54(55(38-73-65(69)70)46-20-22-49(76)23-21-46)59(79)39-72-61-60-47(16-11-18-53(60)63(68)74-64(61)81)37-58(78)43(3)51(56)27-29-66(67,4)82/h9-11,13-23,34,50,52,54-57,59,61-63,71-72,75-77,79-80,82H,2,6-7,12,24-33,35-40,68H2,1,3-4H3,(H,74,81)(H4,69,70,73). The topological polar surface area (TPSA) is 291 Å². The predicted molar refractivity (Wildman–Crippen MR) is 324 cm³/mol. The summed E-state index contributed by atoms with van der Waals surface area (Å²) in [7, 11) is 0. The Balaban J connectivity index is 1.19. The number of unbranched alkanes of at least 4 members (excludes halogenated alkanes) is 1. The molecule has 83 heavy (non-hydrogen) atoms. The first-order chi connectivity index (χ1) is 39.8. The number of ketones is 1. The van der Waals surface area contributed by atoms with Crippen molar-refractivity contribution in [3.8, 4) is 17.6 Å². The van der Waals surface area contributed by atoms with Gasteiger partial charge in [-0.3, -0.25) is 19.9 Å². The highest BCUT2D eigenvalue weighted by molar-refractivity contribution is 5.98. The third kappa shape index (κ3) is 15.0. The molecule has 2 bridgehead atoms. The number of phenolic OH excluding ortho intramolecular Hbond substituents is 1. The average molecular weight is 1140 g/mol. The van der Waals surface area contributed by atoms with Crippen LogP contribution in [0.25, 0.3) is 0 Å². The van der Waals surface area contributed by atoms with E-state index in [1.165, 1.54) is 0 Å². The molecule has 5 aliphatic rings. The van der Waals surface area contributed by atoms with Crippen molar-refractivity contribution in [3.05, 3.63) is 159 Å². The normalized spacial score (nSPS) is 30.0. The molecule has 12 atom stereocenters. The number of nitrogens with two attached hydrogens (primary N) is 3. The zero-order chi connectivity index (χ0) is 59.4. The lowest BCUT2D eigenvalue weighted by Gasteiger charge is -2.56. The summed E-state index contributed by atoms with van der Waals surface area (Å²) in [5, 5.41) is 80.5. The molecule has 8 rings (SSSR count). The van der Waals surface area contributed by atoms with Gasteiger partial charge < -0.3 is 63.2 Å². The first-order valence-electron chi connectivity index (χ1n) is 29.7. The number of Topliss-reactive ketones (excluding diaryl/α,β-unsaturated/α-hetero) is 1. The van der Waals surface area contributed by atoms with Gasteiger partial charge in [-0.1, -0.05) is 108 Å². The Bertz CT molecular complexity index is 3000.